The standard InChI is InChI=1S/C15H20O9/c16-6-10-11(18)12(19)13(20)15(24-10)23-9(14(21)22)5-7-1-3-8(17)4-2-7/h1-4,9-13,15-20H,5-6H2,(H,21,22)/t9?,10-,11-,12+,13-,15+/m0/s1. The van der Waals surface area contributed by atoms with E-state index in [0.717, 1.165) is 0 Å². The van der Waals surface area contributed by atoms with E-state index in [9.17, 15) is 30.3 Å². The number of phenols is 1. The summed E-state index contributed by atoms with van der Waals surface area (Å²) in [6.45, 7) is -0.638. The zero-order chi connectivity index (χ0) is 17.9. The first kappa shape index (κ1) is 18.6. The lowest BCUT2D eigenvalue weighted by Gasteiger charge is -2.40. The molecule has 1 heterocycles. The predicted molar refractivity (Wildman–Crippen MR) is 78.1 cm³/mol. The van der Waals surface area contributed by atoms with Crippen LogP contribution in [0.2, 0.25) is 0 Å². The van der Waals surface area contributed by atoms with E-state index in [2.05, 4.69) is 0 Å². The van der Waals surface area contributed by atoms with E-state index < -0.39 is 49.4 Å². The minimum Gasteiger partial charge on any atom is -0.508 e. The van der Waals surface area contributed by atoms with Crippen molar-refractivity contribution in [3.05, 3.63) is 29.8 Å². The monoisotopic (exact) mass is 344 g/mol. The highest BCUT2D eigenvalue weighted by atomic mass is 16.7. The third-order valence-electron chi connectivity index (χ3n) is 3.78. The summed E-state index contributed by atoms with van der Waals surface area (Å²) in [6, 6.07) is 5.81. The van der Waals surface area contributed by atoms with Crippen molar-refractivity contribution in [2.45, 2.75) is 43.2 Å². The van der Waals surface area contributed by atoms with Gasteiger partial charge in [-0.3, -0.25) is 0 Å². The minimum atomic E-state index is -1.68. The number of aliphatic hydroxyl groups is 4. The second-order valence-corrected chi connectivity index (χ2v) is 5.53. The smallest absolute Gasteiger partial charge is 0.333 e. The minimum absolute atomic E-state index is 0.0282. The molecule has 1 aliphatic heterocycles. The van der Waals surface area contributed by atoms with Gasteiger partial charge in [-0.1, -0.05) is 12.1 Å². The van der Waals surface area contributed by atoms with E-state index in [1.165, 1.54) is 24.3 Å². The highest BCUT2D eigenvalue weighted by Crippen LogP contribution is 2.24. The molecule has 0 aliphatic carbocycles. The first-order valence-electron chi connectivity index (χ1n) is 7.30. The van der Waals surface area contributed by atoms with Crippen molar-refractivity contribution < 1.29 is 44.9 Å². The van der Waals surface area contributed by atoms with Crippen molar-refractivity contribution in [3.63, 3.8) is 0 Å². The molecule has 2 rings (SSSR count). The van der Waals surface area contributed by atoms with Crippen LogP contribution in [-0.4, -0.2) is 80.0 Å². The van der Waals surface area contributed by atoms with Crippen molar-refractivity contribution in [2.24, 2.45) is 0 Å². The van der Waals surface area contributed by atoms with E-state index in [0.29, 0.717) is 5.56 Å². The highest BCUT2D eigenvalue weighted by molar-refractivity contribution is 5.72. The molecule has 9 heteroatoms. The number of carboxylic acid groups (broad SMARTS) is 1. The maximum Gasteiger partial charge on any atom is 0.333 e. The largest absolute Gasteiger partial charge is 0.508 e. The molecule has 9 nitrogen and oxygen atoms in total. The zero-order valence-corrected chi connectivity index (χ0v) is 12.6. The second kappa shape index (κ2) is 7.88. The molecule has 134 valence electrons. The van der Waals surface area contributed by atoms with Crippen molar-refractivity contribution in [1.29, 1.82) is 0 Å². The first-order valence-corrected chi connectivity index (χ1v) is 7.30. The van der Waals surface area contributed by atoms with Gasteiger partial charge in [0.1, 0.15) is 30.2 Å². The number of rotatable bonds is 6. The fourth-order valence-electron chi connectivity index (χ4n) is 2.38. The first-order chi connectivity index (χ1) is 11.3. The van der Waals surface area contributed by atoms with Gasteiger partial charge in [-0.05, 0) is 17.7 Å². The fourth-order valence-corrected chi connectivity index (χ4v) is 2.38. The van der Waals surface area contributed by atoms with E-state index >= 15 is 0 Å². The fraction of sp³-hybridized carbons (Fsp3) is 0.533. The van der Waals surface area contributed by atoms with Crippen molar-refractivity contribution in [3.8, 4) is 5.75 Å². The maximum atomic E-state index is 11.4. The lowest BCUT2D eigenvalue weighted by atomic mass is 9.99. The quantitative estimate of drug-likeness (QED) is 0.350. The summed E-state index contributed by atoms with van der Waals surface area (Å²) < 4.78 is 10.4. The molecule has 0 aromatic heterocycles. The molecule has 0 radical (unpaired) electrons. The summed E-state index contributed by atoms with van der Waals surface area (Å²) in [5, 5.41) is 56.9. The molecule has 1 fully saturated rings. The van der Waals surface area contributed by atoms with Crippen LogP contribution in [-0.2, 0) is 20.7 Å². The van der Waals surface area contributed by atoms with Crippen LogP contribution < -0.4 is 0 Å². The van der Waals surface area contributed by atoms with E-state index in [1.54, 1.807) is 0 Å². The number of benzene rings is 1. The van der Waals surface area contributed by atoms with Crippen LogP contribution in [0.1, 0.15) is 5.56 Å². The summed E-state index contributed by atoms with van der Waals surface area (Å²) in [7, 11) is 0. The topological polar surface area (TPSA) is 157 Å². The average molecular weight is 344 g/mol. The Bertz CT molecular complexity index is 544. The normalized spacial score (nSPS) is 31.6. The molecular formula is C15H20O9. The molecule has 1 aromatic carbocycles. The lowest BCUT2D eigenvalue weighted by molar-refractivity contribution is -0.309. The van der Waals surface area contributed by atoms with Gasteiger partial charge in [0, 0.05) is 6.42 Å². The number of aliphatic carboxylic acids is 1. The van der Waals surface area contributed by atoms with Gasteiger partial charge in [0.15, 0.2) is 12.4 Å². The molecule has 1 unspecified atom stereocenters. The van der Waals surface area contributed by atoms with Gasteiger partial charge < -0.3 is 40.1 Å². The third-order valence-corrected chi connectivity index (χ3v) is 3.78. The van der Waals surface area contributed by atoms with Gasteiger partial charge in [-0.15, -0.1) is 0 Å². The molecule has 1 aliphatic rings. The third kappa shape index (κ3) is 4.20. The number of hydrogen-bond donors (Lipinski definition) is 6. The van der Waals surface area contributed by atoms with Crippen LogP contribution in [0, 0.1) is 0 Å². The molecule has 6 atom stereocenters. The molecule has 1 aromatic rings. The van der Waals surface area contributed by atoms with Crippen molar-refractivity contribution in [2.75, 3.05) is 6.61 Å². The van der Waals surface area contributed by atoms with Gasteiger partial charge >= 0.3 is 5.97 Å². The number of carboxylic acids is 1. The number of ether oxygens (including phenoxy) is 2. The van der Waals surface area contributed by atoms with Crippen LogP contribution >= 0.6 is 0 Å². The average Bonchev–Trinajstić information content (AvgIpc) is 2.56. The SMILES string of the molecule is O=C(O)C(Cc1ccc(O)cc1)O[C@@H]1O[C@@H](CO)[C@H](O)[C@@H](O)[C@@H]1O. The van der Waals surface area contributed by atoms with E-state index in [4.69, 9.17) is 14.6 Å². The van der Waals surface area contributed by atoms with Crippen molar-refractivity contribution >= 4 is 5.97 Å². The summed E-state index contributed by atoms with van der Waals surface area (Å²) in [5.41, 5.74) is 0.560. The van der Waals surface area contributed by atoms with Crippen LogP contribution in [0.3, 0.4) is 0 Å². The molecule has 1 saturated heterocycles. The molecule has 6 N–H and O–H groups in total. The molecule has 0 saturated carbocycles. The number of aliphatic hydroxyl groups excluding tert-OH is 4. The Hall–Kier alpha value is -1.75. The Labute approximate surface area is 137 Å². The summed E-state index contributed by atoms with van der Waals surface area (Å²) in [5.74, 6) is -1.29. The number of aromatic hydroxyl groups is 1. The summed E-state index contributed by atoms with van der Waals surface area (Å²) in [6.07, 6.45) is -9.07. The van der Waals surface area contributed by atoms with E-state index in [1.807, 2.05) is 0 Å². The molecule has 0 amide bonds. The van der Waals surface area contributed by atoms with Gasteiger partial charge in [0.25, 0.3) is 0 Å². The number of phenolic OH excluding ortho intramolecular Hbond substituents is 1. The number of hydrogen-bond acceptors (Lipinski definition) is 8. The second-order valence-electron chi connectivity index (χ2n) is 5.53. The molecule has 0 spiro atoms. The van der Waals surface area contributed by atoms with Crippen LogP contribution in [0.5, 0.6) is 5.75 Å². The Balaban J connectivity index is 2.08. The molecule has 24 heavy (non-hydrogen) atoms. The lowest BCUT2D eigenvalue weighted by Crippen LogP contribution is -2.60. The summed E-state index contributed by atoms with van der Waals surface area (Å²) >= 11 is 0. The maximum absolute atomic E-state index is 11.4. The molecular weight excluding hydrogens is 324 g/mol. The van der Waals surface area contributed by atoms with Crippen molar-refractivity contribution in [1.82, 2.24) is 0 Å². The van der Waals surface area contributed by atoms with E-state index in [-0.39, 0.29) is 12.2 Å². The van der Waals surface area contributed by atoms with Gasteiger partial charge in [0.2, 0.25) is 0 Å². The predicted octanol–water partition coefficient (Wildman–Crippen LogP) is -1.80. The number of carbonyl (C=O) groups is 1. The highest BCUT2D eigenvalue weighted by Gasteiger charge is 2.45. The van der Waals surface area contributed by atoms with Gasteiger partial charge in [0.05, 0.1) is 6.61 Å². The molecule has 0 bridgehead atoms. The van der Waals surface area contributed by atoms with Crippen LogP contribution in [0.4, 0.5) is 0 Å². The zero-order valence-electron chi connectivity index (χ0n) is 12.6. The Morgan fingerprint density at radius 2 is 1.75 bits per heavy atom. The Kier molecular flexibility index (Phi) is 6.10. The Morgan fingerprint density at radius 3 is 2.29 bits per heavy atom. The summed E-state index contributed by atoms with van der Waals surface area (Å²) in [4.78, 5) is 11.4. The van der Waals surface area contributed by atoms with Gasteiger partial charge in [-0.2, -0.15) is 0 Å². The van der Waals surface area contributed by atoms with Gasteiger partial charge in [-0.25, -0.2) is 4.79 Å². The Morgan fingerprint density at radius 1 is 1.12 bits per heavy atom. The van der Waals surface area contributed by atoms with Crippen LogP contribution in [0.15, 0.2) is 24.3 Å². The van der Waals surface area contributed by atoms with Crippen LogP contribution in [0.25, 0.3) is 0 Å².